The molecule has 0 aliphatic carbocycles. The fourth-order valence-corrected chi connectivity index (χ4v) is 4.18. The lowest BCUT2D eigenvalue weighted by Gasteiger charge is -2.16. The number of nitrogen functional groups attached to an aromatic ring is 1. The molecule has 2 aromatic heterocycles. The average molecular weight is 453 g/mol. The van der Waals surface area contributed by atoms with Crippen LogP contribution in [0.5, 0.6) is 0 Å². The molecule has 1 fully saturated rings. The highest BCUT2D eigenvalue weighted by Gasteiger charge is 2.22. The van der Waals surface area contributed by atoms with Gasteiger partial charge in [-0.15, -0.1) is 0 Å². The van der Waals surface area contributed by atoms with Crippen molar-refractivity contribution in [3.63, 3.8) is 0 Å². The van der Waals surface area contributed by atoms with Gasteiger partial charge in [-0.25, -0.2) is 9.97 Å². The van der Waals surface area contributed by atoms with E-state index in [1.54, 1.807) is 6.92 Å². The Hall–Kier alpha value is -3.37. The number of aromatic nitrogens is 4. The van der Waals surface area contributed by atoms with E-state index in [1.807, 2.05) is 18.2 Å². The monoisotopic (exact) mass is 452 g/mol. The summed E-state index contributed by atoms with van der Waals surface area (Å²) in [6, 6.07) is 7.90. The average Bonchev–Trinajstić information content (AvgIpc) is 3.30. The van der Waals surface area contributed by atoms with E-state index in [0.717, 1.165) is 30.8 Å². The lowest BCUT2D eigenvalue weighted by molar-refractivity contribution is 0.0819. The van der Waals surface area contributed by atoms with Gasteiger partial charge in [0.1, 0.15) is 5.52 Å². The fraction of sp³-hybridized carbons (Fsp3) is 0.435. The molecule has 4 rings (SSSR count). The van der Waals surface area contributed by atoms with Crippen molar-refractivity contribution in [2.45, 2.75) is 32.9 Å². The molecule has 1 aliphatic rings. The molecule has 1 atom stereocenters. The minimum atomic E-state index is -0.821. The largest absolute Gasteiger partial charge is 0.384 e. The van der Waals surface area contributed by atoms with E-state index in [0.29, 0.717) is 0 Å². The van der Waals surface area contributed by atoms with Crippen LogP contribution in [0.2, 0.25) is 0 Å². The van der Waals surface area contributed by atoms with Gasteiger partial charge in [0.2, 0.25) is 5.78 Å². The molecule has 10 nitrogen and oxygen atoms in total. The van der Waals surface area contributed by atoms with Crippen molar-refractivity contribution in [1.29, 1.82) is 0 Å². The quantitative estimate of drug-likeness (QED) is 0.384. The van der Waals surface area contributed by atoms with Gasteiger partial charge in [-0.05, 0) is 37.1 Å². The predicted molar refractivity (Wildman–Crippen MR) is 124 cm³/mol. The van der Waals surface area contributed by atoms with Crippen molar-refractivity contribution in [1.82, 2.24) is 24.4 Å². The second-order valence-corrected chi connectivity index (χ2v) is 8.50. The molecule has 1 saturated heterocycles. The van der Waals surface area contributed by atoms with Crippen LogP contribution in [-0.2, 0) is 17.8 Å². The number of nitrogens with zero attached hydrogens (tertiary/aromatic N) is 4. The van der Waals surface area contributed by atoms with E-state index < -0.39 is 17.0 Å². The molecule has 3 heterocycles. The Labute approximate surface area is 190 Å². The molecule has 0 unspecified atom stereocenters. The maximum Gasteiger partial charge on any atom is 0.318 e. The van der Waals surface area contributed by atoms with Gasteiger partial charge in [-0.3, -0.25) is 23.9 Å². The number of ether oxygens (including phenoxy) is 1. The van der Waals surface area contributed by atoms with Crippen LogP contribution >= 0.6 is 0 Å². The summed E-state index contributed by atoms with van der Waals surface area (Å²) in [7, 11) is 1.50. The van der Waals surface area contributed by atoms with Gasteiger partial charge in [0.25, 0.3) is 0 Å². The van der Waals surface area contributed by atoms with Gasteiger partial charge < -0.3 is 15.5 Å². The van der Waals surface area contributed by atoms with Gasteiger partial charge in [-0.2, -0.15) is 0 Å². The molecule has 3 N–H and O–H groups in total. The number of Topliss-reactive ketones (excluding diaryl/α,β-unsaturated/α-hetero) is 1. The molecule has 33 heavy (non-hydrogen) atoms. The Kier molecular flexibility index (Phi) is 6.66. The first-order valence-corrected chi connectivity index (χ1v) is 11.0. The van der Waals surface area contributed by atoms with Gasteiger partial charge in [0.05, 0.1) is 13.2 Å². The molecule has 0 radical (unpaired) electrons. The summed E-state index contributed by atoms with van der Waals surface area (Å²) in [5, 5.41) is 0. The Morgan fingerprint density at radius 3 is 2.58 bits per heavy atom. The number of anilines is 1. The van der Waals surface area contributed by atoms with Crippen LogP contribution in [0.1, 0.15) is 41.5 Å². The smallest absolute Gasteiger partial charge is 0.318 e. The first kappa shape index (κ1) is 22.8. The summed E-state index contributed by atoms with van der Waals surface area (Å²) >= 11 is 0. The summed E-state index contributed by atoms with van der Waals surface area (Å²) in [6.07, 6.45) is 2.41. The molecule has 0 spiro atoms. The van der Waals surface area contributed by atoms with E-state index >= 15 is 0 Å². The number of rotatable bonds is 8. The maximum absolute atomic E-state index is 12.8. The van der Waals surface area contributed by atoms with E-state index in [1.165, 1.54) is 24.5 Å². The van der Waals surface area contributed by atoms with Gasteiger partial charge in [0, 0.05) is 19.6 Å². The number of aromatic amines is 1. The molecule has 0 amide bonds. The lowest BCUT2D eigenvalue weighted by Crippen LogP contribution is -2.37. The van der Waals surface area contributed by atoms with Crippen molar-refractivity contribution in [2.75, 3.05) is 32.5 Å². The summed E-state index contributed by atoms with van der Waals surface area (Å²) in [5.41, 5.74) is 6.67. The number of hydrogen-bond donors (Lipinski definition) is 2. The van der Waals surface area contributed by atoms with Crippen molar-refractivity contribution in [2.24, 2.45) is 5.92 Å². The van der Waals surface area contributed by atoms with Crippen molar-refractivity contribution in [3.05, 3.63) is 61.9 Å². The van der Waals surface area contributed by atoms with Crippen LogP contribution in [0.3, 0.4) is 0 Å². The molecule has 174 valence electrons. The molecule has 0 bridgehead atoms. The first-order valence-electron chi connectivity index (χ1n) is 11.0. The first-order chi connectivity index (χ1) is 15.9. The van der Waals surface area contributed by atoms with Gasteiger partial charge >= 0.3 is 11.1 Å². The number of methoxy groups -OCH3 is 1. The third-order valence-electron chi connectivity index (χ3n) is 5.87. The third kappa shape index (κ3) is 4.86. The number of carbonyl (C=O) groups is 1. The zero-order valence-corrected chi connectivity index (χ0v) is 18.8. The molecule has 3 aromatic rings. The molecule has 10 heteroatoms. The predicted octanol–water partition coefficient (Wildman–Crippen LogP) is 1.17. The summed E-state index contributed by atoms with van der Waals surface area (Å²) < 4.78 is 6.30. The lowest BCUT2D eigenvalue weighted by atomic mass is 10.1. The second-order valence-electron chi connectivity index (χ2n) is 8.50. The normalized spacial score (nSPS) is 15.2. The van der Waals surface area contributed by atoms with Crippen LogP contribution in [0.4, 0.5) is 5.82 Å². The molecule has 1 aromatic carbocycles. The molecular formula is C23H28N6O4. The Morgan fingerprint density at radius 2 is 1.88 bits per heavy atom. The topological polar surface area (TPSA) is 136 Å². The van der Waals surface area contributed by atoms with E-state index in [2.05, 4.69) is 25.9 Å². The standard InChI is InChI=1S/C23H28N6O4/c1-14(13-33-2)18(30)20-26-19(24)17-21(27-20)29(23(32)22(31)25-17)12-16-7-5-6-15(10-16)11-28-8-3-4-9-28/h5-7,10,14H,3-4,8-9,11-13H2,1-2H3,(H,25,31)(H2,24,26,27)/t14-/m1/s1. The summed E-state index contributed by atoms with van der Waals surface area (Å²) in [5.74, 6) is -1.03. The number of hydrogen-bond acceptors (Lipinski definition) is 8. The van der Waals surface area contributed by atoms with Gasteiger partial charge in [-0.1, -0.05) is 31.2 Å². The van der Waals surface area contributed by atoms with E-state index in [9.17, 15) is 14.4 Å². The zero-order valence-electron chi connectivity index (χ0n) is 18.8. The Bertz CT molecular complexity index is 1290. The number of H-pyrrole nitrogens is 1. The SMILES string of the molecule is COC[C@@H](C)C(=O)c1nc(N)c2[nH]c(=O)c(=O)n(Cc3cccc(CN4CCCC4)c3)c2n1. The highest BCUT2D eigenvalue weighted by molar-refractivity contribution is 5.96. The highest BCUT2D eigenvalue weighted by atomic mass is 16.5. The number of carbonyl (C=O) groups excluding carboxylic acids is 1. The number of nitrogens with two attached hydrogens (primary N) is 1. The number of likely N-dealkylation sites (tertiary alicyclic amines) is 1. The van der Waals surface area contributed by atoms with Crippen molar-refractivity contribution >= 4 is 22.8 Å². The third-order valence-corrected chi connectivity index (χ3v) is 5.87. The number of nitrogens with one attached hydrogen (secondary N) is 1. The maximum atomic E-state index is 12.8. The van der Waals surface area contributed by atoms with Crippen LogP contribution in [0.15, 0.2) is 33.9 Å². The van der Waals surface area contributed by atoms with E-state index in [-0.39, 0.29) is 41.7 Å². The van der Waals surface area contributed by atoms with Crippen LogP contribution in [0.25, 0.3) is 11.2 Å². The van der Waals surface area contributed by atoms with Crippen LogP contribution in [-0.4, -0.2) is 57.0 Å². The number of fused-ring (bicyclic) bond motifs is 1. The Morgan fingerprint density at radius 1 is 1.18 bits per heavy atom. The zero-order chi connectivity index (χ0) is 23.5. The summed E-state index contributed by atoms with van der Waals surface area (Å²) in [4.78, 5) is 51.1. The van der Waals surface area contributed by atoms with E-state index in [4.69, 9.17) is 10.5 Å². The number of ketones is 1. The molecule has 1 aliphatic heterocycles. The molecular weight excluding hydrogens is 424 g/mol. The second kappa shape index (κ2) is 9.63. The van der Waals surface area contributed by atoms with Gasteiger partial charge in [0.15, 0.2) is 17.3 Å². The minimum absolute atomic E-state index is 0.0680. The van der Waals surface area contributed by atoms with Crippen LogP contribution < -0.4 is 16.9 Å². The number of benzene rings is 1. The van der Waals surface area contributed by atoms with Crippen molar-refractivity contribution < 1.29 is 9.53 Å². The fourth-order valence-electron chi connectivity index (χ4n) is 4.18. The Balaban J connectivity index is 1.75. The van der Waals surface area contributed by atoms with Crippen molar-refractivity contribution in [3.8, 4) is 0 Å². The van der Waals surface area contributed by atoms with Crippen LogP contribution in [0, 0.1) is 5.92 Å². The molecule has 0 saturated carbocycles. The highest BCUT2D eigenvalue weighted by Crippen LogP contribution is 2.18. The summed E-state index contributed by atoms with van der Waals surface area (Å²) in [6.45, 7) is 5.01. The minimum Gasteiger partial charge on any atom is -0.384 e.